The van der Waals surface area contributed by atoms with Gasteiger partial charge >= 0.3 is 196 Å². The zero-order valence-corrected chi connectivity index (χ0v) is 19.8. The number of rotatable bonds is 5. The first-order chi connectivity index (χ1) is 15.9. The van der Waals surface area contributed by atoms with E-state index in [-0.39, 0.29) is 4.90 Å². The fraction of sp³-hybridized carbons (Fsp3) is 0. The van der Waals surface area contributed by atoms with Crippen LogP contribution in [0.5, 0.6) is 0 Å². The minimum atomic E-state index is -4.09. The summed E-state index contributed by atoms with van der Waals surface area (Å²) < 4.78 is 43.8. The Kier molecular flexibility index (Phi) is 5.60. The number of hydrogen-bond acceptors (Lipinski definition) is 7. The van der Waals surface area contributed by atoms with Gasteiger partial charge in [0, 0.05) is 0 Å². The quantitative estimate of drug-likeness (QED) is 0.220. The molecule has 0 atom stereocenters. The van der Waals surface area contributed by atoms with Gasteiger partial charge in [0.05, 0.1) is 0 Å². The summed E-state index contributed by atoms with van der Waals surface area (Å²) in [6.45, 7) is 0. The normalized spacial score (nSPS) is 12.2. The molecule has 0 aliphatic rings. The summed E-state index contributed by atoms with van der Waals surface area (Å²) in [6, 6.07) is 24.1. The molecular weight excluding hydrogens is 559 g/mol. The van der Waals surface area contributed by atoms with Gasteiger partial charge in [-0.2, -0.15) is 0 Å². The molecule has 0 amide bonds. The molecule has 2 aromatic heterocycles. The Balaban J connectivity index is 1.68. The fourth-order valence-electron chi connectivity index (χ4n) is 3.19. The molecule has 0 fully saturated rings. The first-order valence-electron chi connectivity index (χ1n) is 9.67. The molecule has 0 N–H and O–H groups in total. The van der Waals surface area contributed by atoms with Gasteiger partial charge in [-0.15, -0.1) is 0 Å². The average Bonchev–Trinajstić information content (AvgIpc) is 2.82. The molecule has 33 heavy (non-hydrogen) atoms. The Morgan fingerprint density at radius 1 is 0.636 bits per heavy atom. The maximum absolute atomic E-state index is 13.1. The molecule has 0 aliphatic carbocycles. The number of benzene rings is 3. The third-order valence-electron chi connectivity index (χ3n) is 4.74. The van der Waals surface area contributed by atoms with E-state index in [1.54, 1.807) is 66.7 Å². The number of halogens is 1. The van der Waals surface area contributed by atoms with Gasteiger partial charge in [0.1, 0.15) is 0 Å². The van der Waals surface area contributed by atoms with Crippen molar-refractivity contribution in [3.8, 4) is 0 Å². The van der Waals surface area contributed by atoms with Crippen LogP contribution in [0, 0.1) is 7.14 Å². The van der Waals surface area contributed by atoms with Crippen LogP contribution in [0.3, 0.4) is 0 Å². The van der Waals surface area contributed by atoms with Crippen molar-refractivity contribution in [1.82, 2.24) is 0 Å². The van der Waals surface area contributed by atoms with E-state index in [2.05, 4.69) is 0 Å². The molecule has 0 spiro atoms. The molecule has 9 heteroatoms. The average molecular weight is 574 g/mol. The summed E-state index contributed by atoms with van der Waals surface area (Å²) in [4.78, 5) is 23.4. The Bertz CT molecular complexity index is 1610. The van der Waals surface area contributed by atoms with E-state index in [0.717, 1.165) is 0 Å². The molecule has 7 nitrogen and oxygen atoms in total. The third-order valence-corrected chi connectivity index (χ3v) is 12.0. The molecule has 0 bridgehead atoms. The molecule has 0 radical (unpaired) electrons. The molecular formula is C24H15IO7S. The molecule has 0 saturated heterocycles. The van der Waals surface area contributed by atoms with Crippen LogP contribution in [0.25, 0.3) is 21.9 Å². The van der Waals surface area contributed by atoms with Crippen molar-refractivity contribution in [3.63, 3.8) is 0 Å². The van der Waals surface area contributed by atoms with E-state index >= 15 is 0 Å². The maximum atomic E-state index is 13.1. The van der Waals surface area contributed by atoms with E-state index in [1.807, 2.05) is 0 Å². The Morgan fingerprint density at radius 2 is 1.12 bits per heavy atom. The van der Waals surface area contributed by atoms with Crippen LogP contribution in [-0.2, 0) is 12.6 Å². The third kappa shape index (κ3) is 4.47. The standard InChI is InChI=1S/C24H15IO7S/c26-23-12-8-16-6-10-18(14-21(16)30-23)25(32-33(28,29)20-4-2-1-3-5-20)19-11-7-17-9-13-24(27)31-22(17)15-19/h1-15H. The van der Waals surface area contributed by atoms with Crippen LogP contribution in [-0.4, -0.2) is 8.42 Å². The number of hydrogen-bond donors (Lipinski definition) is 0. The molecule has 5 aromatic rings. The summed E-state index contributed by atoms with van der Waals surface area (Å²) in [5, 5.41) is 1.40. The van der Waals surface area contributed by atoms with Crippen LogP contribution in [0.4, 0.5) is 0 Å². The summed E-state index contributed by atoms with van der Waals surface area (Å²) in [5.41, 5.74) is -0.360. The predicted octanol–water partition coefficient (Wildman–Crippen LogP) is 4.77. The van der Waals surface area contributed by atoms with Gasteiger partial charge in [0.15, 0.2) is 0 Å². The van der Waals surface area contributed by atoms with Crippen LogP contribution in [0.2, 0.25) is 0 Å². The Morgan fingerprint density at radius 3 is 1.64 bits per heavy atom. The van der Waals surface area contributed by atoms with Gasteiger partial charge in [-0.05, 0) is 0 Å². The fourth-order valence-corrected chi connectivity index (χ4v) is 10.2. The molecule has 0 aliphatic heterocycles. The Hall–Kier alpha value is -3.28. The second-order valence-corrected chi connectivity index (χ2v) is 13.4. The molecule has 3 aromatic carbocycles. The second kappa shape index (κ2) is 8.58. The van der Waals surface area contributed by atoms with Gasteiger partial charge in [-0.1, -0.05) is 0 Å². The van der Waals surface area contributed by atoms with E-state index in [9.17, 15) is 18.0 Å². The van der Waals surface area contributed by atoms with Crippen molar-refractivity contribution in [2.75, 3.05) is 0 Å². The van der Waals surface area contributed by atoms with E-state index < -0.39 is 41.6 Å². The van der Waals surface area contributed by atoms with E-state index in [1.165, 1.54) is 24.3 Å². The summed E-state index contributed by atoms with van der Waals surface area (Å²) >= 11 is -3.13. The molecule has 166 valence electrons. The van der Waals surface area contributed by atoms with Crippen molar-refractivity contribution in [3.05, 3.63) is 119 Å². The topological polar surface area (TPSA) is 104 Å². The first-order valence-corrected chi connectivity index (χ1v) is 14.1. The zero-order chi connectivity index (χ0) is 23.0. The summed E-state index contributed by atoms with van der Waals surface area (Å²) in [5.74, 6) is 0. The van der Waals surface area contributed by atoms with Crippen molar-refractivity contribution in [2.45, 2.75) is 4.90 Å². The molecule has 5 rings (SSSR count). The Labute approximate surface area is 195 Å². The first kappa shape index (κ1) is 21.6. The van der Waals surface area contributed by atoms with Gasteiger partial charge in [0.25, 0.3) is 0 Å². The van der Waals surface area contributed by atoms with Crippen LogP contribution >= 0.6 is 20.2 Å². The second-order valence-electron chi connectivity index (χ2n) is 6.95. The van der Waals surface area contributed by atoms with Crippen molar-refractivity contribution in [1.29, 1.82) is 0 Å². The molecule has 0 unspecified atom stereocenters. The van der Waals surface area contributed by atoms with Crippen molar-refractivity contribution < 1.29 is 19.8 Å². The minimum absolute atomic E-state index is 0.0342. The van der Waals surface area contributed by atoms with Gasteiger partial charge in [-0.3, -0.25) is 0 Å². The molecule has 2 heterocycles. The van der Waals surface area contributed by atoms with Crippen LogP contribution in [0.1, 0.15) is 0 Å². The molecule has 0 saturated carbocycles. The summed E-state index contributed by atoms with van der Waals surface area (Å²) in [6.07, 6.45) is 0. The van der Waals surface area contributed by atoms with Gasteiger partial charge in [0.2, 0.25) is 0 Å². The van der Waals surface area contributed by atoms with Gasteiger partial charge in [-0.25, -0.2) is 0 Å². The SMILES string of the molecule is O=c1ccc2ccc(I(OS(=O)(=O)c3ccccc3)c3ccc4ccc(=O)oc4c3)cc2o1. The van der Waals surface area contributed by atoms with E-state index in [4.69, 9.17) is 11.3 Å². The predicted molar refractivity (Wildman–Crippen MR) is 131 cm³/mol. The van der Waals surface area contributed by atoms with Crippen molar-refractivity contribution >= 4 is 52.3 Å². The van der Waals surface area contributed by atoms with Crippen LogP contribution in [0.15, 0.2) is 114 Å². The van der Waals surface area contributed by atoms with Crippen LogP contribution < -0.4 is 11.3 Å². The number of fused-ring (bicyclic) bond motifs is 2. The van der Waals surface area contributed by atoms with Crippen molar-refractivity contribution in [2.24, 2.45) is 0 Å². The monoisotopic (exact) mass is 574 g/mol. The zero-order valence-electron chi connectivity index (χ0n) is 16.8. The van der Waals surface area contributed by atoms with E-state index in [0.29, 0.717) is 29.1 Å². The van der Waals surface area contributed by atoms with Gasteiger partial charge < -0.3 is 0 Å². The summed E-state index contributed by atoms with van der Waals surface area (Å²) in [7, 11) is -4.09.